The number of non-ortho nitro benzene ring substituents is 1. The molecule has 186 valence electrons. The molecule has 1 aliphatic heterocycles. The number of carbonyl (C=O) groups is 3. The van der Waals surface area contributed by atoms with Crippen LogP contribution < -0.4 is 4.90 Å². The van der Waals surface area contributed by atoms with Crippen LogP contribution in [0.4, 0.5) is 10.8 Å². The average molecular weight is 529 g/mol. The van der Waals surface area contributed by atoms with Crippen molar-refractivity contribution in [2.24, 2.45) is 0 Å². The SMILES string of the molecule is CCOC(=O)c1sc(N2C(=O)C(O)=C(C(=O)c3sc(C)nc3C)C2c2cccc([N+](=O)[O-])c2)nc1C. The molecule has 3 aromatic rings. The molecule has 0 saturated heterocycles. The number of thiazole rings is 2. The lowest BCUT2D eigenvalue weighted by Crippen LogP contribution is -2.31. The van der Waals surface area contributed by atoms with E-state index in [9.17, 15) is 29.6 Å². The fourth-order valence-electron chi connectivity index (χ4n) is 3.89. The van der Waals surface area contributed by atoms with Gasteiger partial charge in [0.2, 0.25) is 5.78 Å². The minimum absolute atomic E-state index is 0.0311. The maximum absolute atomic E-state index is 13.6. The predicted octanol–water partition coefficient (Wildman–Crippen LogP) is 4.39. The third-order valence-electron chi connectivity index (χ3n) is 5.41. The quantitative estimate of drug-likeness (QED) is 0.203. The summed E-state index contributed by atoms with van der Waals surface area (Å²) in [6, 6.07) is 4.22. The Kier molecular flexibility index (Phi) is 6.69. The highest BCUT2D eigenvalue weighted by Crippen LogP contribution is 2.45. The van der Waals surface area contributed by atoms with Gasteiger partial charge in [-0.25, -0.2) is 14.8 Å². The Morgan fingerprint density at radius 2 is 1.86 bits per heavy atom. The molecule has 0 saturated carbocycles. The first-order valence-electron chi connectivity index (χ1n) is 10.7. The van der Waals surface area contributed by atoms with Crippen LogP contribution in [0.5, 0.6) is 0 Å². The van der Waals surface area contributed by atoms with Crippen molar-refractivity contribution < 1.29 is 29.2 Å². The fraction of sp³-hybridized carbons (Fsp3) is 0.261. The van der Waals surface area contributed by atoms with Crippen molar-refractivity contribution in [3.8, 4) is 0 Å². The summed E-state index contributed by atoms with van der Waals surface area (Å²) in [5.74, 6) is -2.96. The molecule has 3 heterocycles. The minimum atomic E-state index is -1.23. The van der Waals surface area contributed by atoms with E-state index in [0.29, 0.717) is 16.4 Å². The van der Waals surface area contributed by atoms with E-state index in [1.54, 1.807) is 27.7 Å². The molecule has 1 atom stereocenters. The molecule has 1 aromatic carbocycles. The van der Waals surface area contributed by atoms with Crippen LogP contribution >= 0.6 is 22.7 Å². The van der Waals surface area contributed by atoms with Gasteiger partial charge in [0.05, 0.1) is 44.4 Å². The number of nitro groups is 1. The van der Waals surface area contributed by atoms with Gasteiger partial charge in [-0.2, -0.15) is 0 Å². The van der Waals surface area contributed by atoms with Gasteiger partial charge in [0.1, 0.15) is 4.88 Å². The summed E-state index contributed by atoms with van der Waals surface area (Å²) >= 11 is 1.98. The van der Waals surface area contributed by atoms with Crippen molar-refractivity contribution >= 4 is 51.2 Å². The maximum atomic E-state index is 13.6. The molecule has 1 unspecified atom stereocenters. The van der Waals surface area contributed by atoms with Gasteiger partial charge >= 0.3 is 5.97 Å². The Bertz CT molecular complexity index is 1460. The molecular weight excluding hydrogens is 508 g/mol. The summed E-state index contributed by atoms with van der Waals surface area (Å²) in [5.41, 5.74) is 0.436. The number of ketones is 1. The van der Waals surface area contributed by atoms with Crippen molar-refractivity contribution in [2.75, 3.05) is 11.5 Å². The number of amides is 1. The highest BCUT2D eigenvalue weighted by molar-refractivity contribution is 7.17. The number of aromatic nitrogens is 2. The number of anilines is 1. The summed E-state index contributed by atoms with van der Waals surface area (Å²) in [6.07, 6.45) is 0. The van der Waals surface area contributed by atoms with Gasteiger partial charge in [-0.1, -0.05) is 23.5 Å². The second-order valence-corrected chi connectivity index (χ2v) is 9.98. The van der Waals surface area contributed by atoms with Gasteiger partial charge in [-0.3, -0.25) is 24.6 Å². The van der Waals surface area contributed by atoms with E-state index >= 15 is 0 Å². The standard InChI is InChI=1S/C23H20N4O7S2/c1-5-34-22(31)20-11(3)25-23(36-20)26-16(13-7-6-8-14(9-13)27(32)33)15(18(29)21(26)30)17(28)19-10(2)24-12(4)35-19/h6-9,16,29H,5H2,1-4H3. The van der Waals surface area contributed by atoms with Crippen molar-refractivity contribution in [1.29, 1.82) is 0 Å². The second kappa shape index (κ2) is 9.59. The molecule has 0 aliphatic carbocycles. The van der Waals surface area contributed by atoms with Crippen molar-refractivity contribution in [3.05, 3.63) is 77.4 Å². The van der Waals surface area contributed by atoms with Gasteiger partial charge in [-0.15, -0.1) is 11.3 Å². The van der Waals surface area contributed by atoms with Gasteiger partial charge < -0.3 is 9.84 Å². The van der Waals surface area contributed by atoms with Crippen LogP contribution in [-0.4, -0.2) is 44.3 Å². The fourth-order valence-corrected chi connectivity index (χ4v) is 5.76. The molecule has 2 aromatic heterocycles. The zero-order chi connectivity index (χ0) is 26.3. The molecule has 0 bridgehead atoms. The lowest BCUT2D eigenvalue weighted by atomic mass is 9.95. The van der Waals surface area contributed by atoms with Crippen LogP contribution in [0.2, 0.25) is 0 Å². The average Bonchev–Trinajstić information content (AvgIpc) is 3.46. The topological polar surface area (TPSA) is 153 Å². The van der Waals surface area contributed by atoms with Gasteiger partial charge in [0.25, 0.3) is 11.6 Å². The monoisotopic (exact) mass is 528 g/mol. The molecule has 1 amide bonds. The zero-order valence-electron chi connectivity index (χ0n) is 19.6. The summed E-state index contributed by atoms with van der Waals surface area (Å²) in [7, 11) is 0. The number of aryl methyl sites for hydroxylation is 3. The Labute approximate surface area is 212 Å². The number of Topliss-reactive ketones (excluding diaryl/α,β-unsaturated/α-hetero) is 1. The van der Waals surface area contributed by atoms with Gasteiger partial charge in [0, 0.05) is 12.1 Å². The first-order valence-corrected chi connectivity index (χ1v) is 12.3. The number of hydrogen-bond donors (Lipinski definition) is 1. The number of nitro benzene ring substituents is 1. The number of esters is 1. The number of carbonyl (C=O) groups excluding carboxylic acids is 3. The predicted molar refractivity (Wildman–Crippen MR) is 132 cm³/mol. The maximum Gasteiger partial charge on any atom is 0.350 e. The second-order valence-electron chi connectivity index (χ2n) is 7.80. The van der Waals surface area contributed by atoms with Crippen LogP contribution in [-0.2, 0) is 9.53 Å². The molecular formula is C23H20N4O7S2. The number of rotatable bonds is 7. The van der Waals surface area contributed by atoms with Gasteiger partial charge in [-0.05, 0) is 33.3 Å². The van der Waals surface area contributed by atoms with E-state index in [1.807, 2.05) is 0 Å². The third-order valence-corrected chi connectivity index (χ3v) is 7.62. The Morgan fingerprint density at radius 1 is 1.17 bits per heavy atom. The molecule has 36 heavy (non-hydrogen) atoms. The number of nitrogens with zero attached hydrogens (tertiary/aromatic N) is 4. The molecule has 4 rings (SSSR count). The normalized spacial score (nSPS) is 15.5. The minimum Gasteiger partial charge on any atom is -0.503 e. The number of benzene rings is 1. The molecule has 0 spiro atoms. The van der Waals surface area contributed by atoms with Crippen molar-refractivity contribution in [3.63, 3.8) is 0 Å². The first kappa shape index (κ1) is 25.1. The number of aliphatic hydroxyl groups is 1. The highest BCUT2D eigenvalue weighted by Gasteiger charge is 2.47. The molecule has 1 N–H and O–H groups in total. The van der Waals surface area contributed by atoms with Gasteiger partial charge in [0.15, 0.2) is 10.9 Å². The Morgan fingerprint density at radius 3 is 2.47 bits per heavy atom. The summed E-state index contributed by atoms with van der Waals surface area (Å²) in [6.45, 7) is 6.72. The van der Waals surface area contributed by atoms with Crippen LogP contribution in [0.3, 0.4) is 0 Å². The lowest BCUT2D eigenvalue weighted by molar-refractivity contribution is -0.384. The largest absolute Gasteiger partial charge is 0.503 e. The Balaban J connectivity index is 1.90. The Hall–Kier alpha value is -3.97. The smallest absolute Gasteiger partial charge is 0.350 e. The number of aliphatic hydroxyl groups excluding tert-OH is 1. The molecule has 13 heteroatoms. The van der Waals surface area contributed by atoms with Crippen molar-refractivity contribution in [2.45, 2.75) is 33.7 Å². The number of hydrogen-bond acceptors (Lipinski definition) is 11. The third kappa shape index (κ3) is 4.27. The summed E-state index contributed by atoms with van der Waals surface area (Å²) in [5, 5.41) is 23.0. The van der Waals surface area contributed by atoms with Crippen molar-refractivity contribution in [1.82, 2.24) is 9.97 Å². The molecule has 0 radical (unpaired) electrons. The van der Waals surface area contributed by atoms with Crippen LogP contribution in [0.15, 0.2) is 35.6 Å². The van der Waals surface area contributed by atoms with Crippen LogP contribution in [0.1, 0.15) is 54.3 Å². The van der Waals surface area contributed by atoms with E-state index in [2.05, 4.69) is 9.97 Å². The van der Waals surface area contributed by atoms with E-state index in [-0.39, 0.29) is 38.3 Å². The molecule has 0 fully saturated rings. The summed E-state index contributed by atoms with van der Waals surface area (Å²) < 4.78 is 5.05. The van der Waals surface area contributed by atoms with E-state index in [4.69, 9.17) is 4.74 Å². The van der Waals surface area contributed by atoms with Crippen LogP contribution in [0, 0.1) is 30.9 Å². The highest BCUT2D eigenvalue weighted by atomic mass is 32.1. The molecule has 1 aliphatic rings. The number of ether oxygens (including phenoxy) is 1. The van der Waals surface area contributed by atoms with E-state index in [1.165, 1.54) is 24.3 Å². The summed E-state index contributed by atoms with van der Waals surface area (Å²) in [4.78, 5) is 60.2. The zero-order valence-corrected chi connectivity index (χ0v) is 21.2. The molecule has 11 nitrogen and oxygen atoms in total. The van der Waals surface area contributed by atoms with Crippen LogP contribution in [0.25, 0.3) is 0 Å². The van der Waals surface area contributed by atoms with E-state index < -0.39 is 34.4 Å². The lowest BCUT2D eigenvalue weighted by Gasteiger charge is -2.24. The van der Waals surface area contributed by atoms with E-state index in [0.717, 1.165) is 27.6 Å². The first-order chi connectivity index (χ1) is 17.0.